The molecule has 0 radical (unpaired) electrons. The van der Waals surface area contributed by atoms with Gasteiger partial charge < -0.3 is 15.4 Å². The van der Waals surface area contributed by atoms with Crippen molar-refractivity contribution in [2.24, 2.45) is 0 Å². The zero-order chi connectivity index (χ0) is 25.1. The topological polar surface area (TPSA) is 101 Å². The first-order valence-electron chi connectivity index (χ1n) is 10.7. The van der Waals surface area contributed by atoms with Gasteiger partial charge in [-0.05, 0) is 79.6 Å². The highest BCUT2D eigenvalue weighted by atomic mass is 35.5. The number of rotatable bonds is 5. The van der Waals surface area contributed by atoms with Crippen LogP contribution in [0.15, 0.2) is 66.7 Å². The van der Waals surface area contributed by atoms with E-state index in [-0.39, 0.29) is 5.69 Å². The number of aryl methyl sites for hydroxylation is 1. The van der Waals surface area contributed by atoms with Gasteiger partial charge in [0.05, 0.1) is 12.6 Å². The van der Waals surface area contributed by atoms with Gasteiger partial charge in [0.1, 0.15) is 11.4 Å². The standard InChI is InChI=1S/C26H23ClN4O4/c1-15-5-4-6-21(16(15)2)29-25(33)26(34)30-31-22-12-7-18(27)13-17(22)14-23(31)24(32)28-19-8-10-20(35-3)11-9-19/h4-14H,1-3H3,(H,28,32)(H,29,33)(H,30,34). The number of carbonyl (C=O) groups excluding carboxylic acids is 3. The molecule has 0 aliphatic rings. The van der Waals surface area contributed by atoms with E-state index in [2.05, 4.69) is 16.1 Å². The number of aromatic nitrogens is 1. The minimum Gasteiger partial charge on any atom is -0.497 e. The molecule has 1 heterocycles. The van der Waals surface area contributed by atoms with E-state index in [1.54, 1.807) is 67.8 Å². The van der Waals surface area contributed by atoms with Gasteiger partial charge >= 0.3 is 11.8 Å². The van der Waals surface area contributed by atoms with Crippen LogP contribution < -0.4 is 20.8 Å². The normalized spacial score (nSPS) is 10.6. The Morgan fingerprint density at radius 2 is 1.63 bits per heavy atom. The summed E-state index contributed by atoms with van der Waals surface area (Å²) >= 11 is 6.12. The number of methoxy groups -OCH3 is 1. The lowest BCUT2D eigenvalue weighted by Crippen LogP contribution is -2.36. The van der Waals surface area contributed by atoms with E-state index in [0.717, 1.165) is 11.1 Å². The fourth-order valence-corrected chi connectivity index (χ4v) is 3.74. The number of carbonyl (C=O) groups is 3. The molecule has 0 atom stereocenters. The van der Waals surface area contributed by atoms with Crippen LogP contribution in [0.4, 0.5) is 11.4 Å². The number of amides is 3. The third kappa shape index (κ3) is 5.12. The van der Waals surface area contributed by atoms with E-state index in [1.165, 1.54) is 4.68 Å². The Hall–Kier alpha value is -4.30. The smallest absolute Gasteiger partial charge is 0.328 e. The lowest BCUT2D eigenvalue weighted by Gasteiger charge is -2.14. The molecule has 8 nitrogen and oxygen atoms in total. The van der Waals surface area contributed by atoms with Gasteiger partial charge in [0.25, 0.3) is 5.91 Å². The van der Waals surface area contributed by atoms with E-state index in [1.807, 2.05) is 19.9 Å². The second-order valence-electron chi connectivity index (χ2n) is 7.89. The molecule has 35 heavy (non-hydrogen) atoms. The van der Waals surface area contributed by atoms with Crippen molar-refractivity contribution >= 4 is 51.6 Å². The number of nitrogens with one attached hydrogen (secondary N) is 3. The SMILES string of the molecule is COc1ccc(NC(=O)c2cc3cc(Cl)ccc3n2NC(=O)C(=O)Nc2cccc(C)c2C)cc1. The van der Waals surface area contributed by atoms with Gasteiger partial charge in [0.15, 0.2) is 0 Å². The molecule has 0 bridgehead atoms. The van der Waals surface area contributed by atoms with Crippen molar-refractivity contribution < 1.29 is 19.1 Å². The van der Waals surface area contributed by atoms with Gasteiger partial charge in [-0.15, -0.1) is 0 Å². The van der Waals surface area contributed by atoms with Gasteiger partial charge in [-0.1, -0.05) is 23.7 Å². The third-order valence-corrected chi connectivity index (χ3v) is 5.85. The first kappa shape index (κ1) is 23.8. The van der Waals surface area contributed by atoms with Crippen LogP contribution in [0, 0.1) is 13.8 Å². The molecule has 0 saturated heterocycles. The number of fused-ring (bicyclic) bond motifs is 1. The number of hydrogen-bond acceptors (Lipinski definition) is 4. The van der Waals surface area contributed by atoms with Crippen molar-refractivity contribution in [2.75, 3.05) is 23.2 Å². The third-order valence-electron chi connectivity index (χ3n) is 5.62. The van der Waals surface area contributed by atoms with E-state index in [9.17, 15) is 14.4 Å². The number of ether oxygens (including phenoxy) is 1. The van der Waals surface area contributed by atoms with Crippen molar-refractivity contribution in [1.29, 1.82) is 0 Å². The van der Waals surface area contributed by atoms with Crippen molar-refractivity contribution in [3.63, 3.8) is 0 Å². The first-order valence-corrected chi connectivity index (χ1v) is 11.1. The molecule has 3 amide bonds. The first-order chi connectivity index (χ1) is 16.8. The molecule has 0 aliphatic heterocycles. The number of hydrogen-bond donors (Lipinski definition) is 3. The van der Waals surface area contributed by atoms with Crippen molar-refractivity contribution in [2.45, 2.75) is 13.8 Å². The lowest BCUT2D eigenvalue weighted by molar-refractivity contribution is -0.133. The van der Waals surface area contributed by atoms with Crippen LogP contribution in [0.1, 0.15) is 21.6 Å². The maximum atomic E-state index is 13.1. The Bertz CT molecular complexity index is 1440. The monoisotopic (exact) mass is 490 g/mol. The quantitative estimate of drug-likeness (QED) is 0.347. The second-order valence-corrected chi connectivity index (χ2v) is 8.33. The van der Waals surface area contributed by atoms with Crippen molar-refractivity contribution in [1.82, 2.24) is 4.68 Å². The van der Waals surface area contributed by atoms with Crippen LogP contribution >= 0.6 is 11.6 Å². The molecule has 1 aromatic heterocycles. The van der Waals surface area contributed by atoms with Crippen molar-refractivity contribution in [3.05, 3.63) is 88.6 Å². The molecule has 3 N–H and O–H groups in total. The van der Waals surface area contributed by atoms with Crippen LogP contribution in [-0.4, -0.2) is 29.5 Å². The minimum atomic E-state index is -0.933. The Kier molecular flexibility index (Phi) is 6.75. The summed E-state index contributed by atoms with van der Waals surface area (Å²) in [5, 5.41) is 6.49. The average Bonchev–Trinajstić information content (AvgIpc) is 3.19. The molecule has 0 unspecified atom stereocenters. The summed E-state index contributed by atoms with van der Waals surface area (Å²) in [6.45, 7) is 3.77. The summed E-state index contributed by atoms with van der Waals surface area (Å²) in [4.78, 5) is 38.6. The predicted molar refractivity (Wildman–Crippen MR) is 137 cm³/mol. The molecule has 0 fully saturated rings. The maximum absolute atomic E-state index is 13.1. The Morgan fingerprint density at radius 1 is 0.886 bits per heavy atom. The summed E-state index contributed by atoms with van der Waals surface area (Å²) in [7, 11) is 1.55. The summed E-state index contributed by atoms with van der Waals surface area (Å²) in [6.07, 6.45) is 0. The van der Waals surface area contributed by atoms with E-state index in [0.29, 0.717) is 33.0 Å². The van der Waals surface area contributed by atoms with Crippen LogP contribution in [0.2, 0.25) is 5.02 Å². The van der Waals surface area contributed by atoms with E-state index >= 15 is 0 Å². The molecule has 9 heteroatoms. The summed E-state index contributed by atoms with van der Waals surface area (Å²) in [5.74, 6) is -1.64. The molecule has 178 valence electrons. The molecule has 3 aromatic carbocycles. The Labute approximate surface area is 206 Å². The fourth-order valence-electron chi connectivity index (χ4n) is 3.56. The predicted octanol–water partition coefficient (Wildman–Crippen LogP) is 4.88. The minimum absolute atomic E-state index is 0.117. The zero-order valence-electron chi connectivity index (χ0n) is 19.3. The highest BCUT2D eigenvalue weighted by Crippen LogP contribution is 2.24. The van der Waals surface area contributed by atoms with Gasteiger partial charge in [-0.3, -0.25) is 19.8 Å². The van der Waals surface area contributed by atoms with Gasteiger partial charge in [0, 0.05) is 21.8 Å². The highest BCUT2D eigenvalue weighted by Gasteiger charge is 2.21. The number of benzene rings is 3. The molecule has 4 aromatic rings. The second kappa shape index (κ2) is 9.90. The Balaban J connectivity index is 1.62. The zero-order valence-corrected chi connectivity index (χ0v) is 20.1. The lowest BCUT2D eigenvalue weighted by atomic mass is 10.1. The molecule has 0 spiro atoms. The van der Waals surface area contributed by atoms with E-state index < -0.39 is 17.7 Å². The highest BCUT2D eigenvalue weighted by molar-refractivity contribution is 6.42. The average molecular weight is 491 g/mol. The van der Waals surface area contributed by atoms with Crippen LogP contribution in [0.3, 0.4) is 0 Å². The van der Waals surface area contributed by atoms with E-state index in [4.69, 9.17) is 16.3 Å². The summed E-state index contributed by atoms with van der Waals surface area (Å²) in [5.41, 5.74) is 6.05. The molecular weight excluding hydrogens is 468 g/mol. The largest absolute Gasteiger partial charge is 0.497 e. The number of nitrogens with zero attached hydrogens (tertiary/aromatic N) is 1. The molecular formula is C26H23ClN4O4. The van der Waals surface area contributed by atoms with Crippen LogP contribution in [0.25, 0.3) is 10.9 Å². The molecule has 4 rings (SSSR count). The Morgan fingerprint density at radius 3 is 2.34 bits per heavy atom. The van der Waals surface area contributed by atoms with Gasteiger partial charge in [0.2, 0.25) is 0 Å². The molecule has 0 saturated carbocycles. The summed E-state index contributed by atoms with van der Waals surface area (Å²) < 4.78 is 6.41. The van der Waals surface area contributed by atoms with Crippen LogP contribution in [-0.2, 0) is 9.59 Å². The van der Waals surface area contributed by atoms with Crippen molar-refractivity contribution in [3.8, 4) is 5.75 Å². The molecule has 0 aliphatic carbocycles. The van der Waals surface area contributed by atoms with Gasteiger partial charge in [-0.2, -0.15) is 0 Å². The fraction of sp³-hybridized carbons (Fsp3) is 0.115. The van der Waals surface area contributed by atoms with Gasteiger partial charge in [-0.25, -0.2) is 4.68 Å². The summed E-state index contributed by atoms with van der Waals surface area (Å²) in [6, 6.07) is 18.8. The maximum Gasteiger partial charge on any atom is 0.328 e. The number of anilines is 2. The van der Waals surface area contributed by atoms with Crippen LogP contribution in [0.5, 0.6) is 5.75 Å². The number of halogens is 1.